The normalized spacial score (nSPS) is 17.0. The summed E-state index contributed by atoms with van der Waals surface area (Å²) in [7, 11) is 0. The topological polar surface area (TPSA) is 40.7 Å². The second-order valence-electron chi connectivity index (χ2n) is 5.99. The van der Waals surface area contributed by atoms with Crippen LogP contribution in [-0.2, 0) is 6.42 Å². The number of nitrogens with one attached hydrogen (secondary N) is 2. The number of hydrogen-bond acceptors (Lipinski definition) is 2. The Morgan fingerprint density at radius 3 is 2.50 bits per heavy atom. The summed E-state index contributed by atoms with van der Waals surface area (Å²) >= 11 is 0. The van der Waals surface area contributed by atoms with Crippen LogP contribution in [0.4, 0.5) is 4.39 Å². The van der Waals surface area contributed by atoms with Crippen LogP contribution in [0.5, 0.6) is 0 Å². The van der Waals surface area contributed by atoms with Crippen molar-refractivity contribution in [1.29, 1.82) is 0 Å². The van der Waals surface area contributed by atoms with E-state index in [-0.39, 0.29) is 18.2 Å². The smallest absolute Gasteiger partial charge is 0.123 e. The Bertz CT molecular complexity index is 576. The van der Waals surface area contributed by atoms with Crippen molar-refractivity contribution in [3.8, 4) is 0 Å². The van der Waals surface area contributed by atoms with E-state index >= 15 is 0 Å². The molecule has 0 aliphatic carbocycles. The highest BCUT2D eigenvalue weighted by Gasteiger charge is 2.26. The predicted octanol–water partition coefficient (Wildman–Crippen LogP) is 3.60. The van der Waals surface area contributed by atoms with E-state index < -0.39 is 0 Å². The molecule has 0 radical (unpaired) electrons. The van der Waals surface area contributed by atoms with Crippen molar-refractivity contribution in [1.82, 2.24) is 15.5 Å². The van der Waals surface area contributed by atoms with Gasteiger partial charge in [0.25, 0.3) is 0 Å². The average molecular weight is 324 g/mol. The first kappa shape index (κ1) is 17.0. The number of hydrogen-bond donors (Lipinski definition) is 2. The third-order valence-corrected chi connectivity index (χ3v) is 4.44. The van der Waals surface area contributed by atoms with Gasteiger partial charge in [-0.2, -0.15) is 5.10 Å². The second-order valence-corrected chi connectivity index (χ2v) is 5.99. The first-order valence-corrected chi connectivity index (χ1v) is 7.69. The van der Waals surface area contributed by atoms with Crippen molar-refractivity contribution < 1.29 is 4.39 Å². The van der Waals surface area contributed by atoms with Gasteiger partial charge in [-0.15, -0.1) is 12.4 Å². The fraction of sp³-hybridized carbons (Fsp3) is 0.471. The molecule has 1 aliphatic rings. The van der Waals surface area contributed by atoms with E-state index in [1.165, 1.54) is 18.4 Å². The zero-order valence-electron chi connectivity index (χ0n) is 12.8. The van der Waals surface area contributed by atoms with Gasteiger partial charge in [0.05, 0.1) is 5.69 Å². The summed E-state index contributed by atoms with van der Waals surface area (Å²) in [5, 5.41) is 10.8. The van der Waals surface area contributed by atoms with Crippen LogP contribution in [0.3, 0.4) is 0 Å². The van der Waals surface area contributed by atoms with Gasteiger partial charge in [0.1, 0.15) is 5.82 Å². The first-order valence-electron chi connectivity index (χ1n) is 7.69. The molecule has 0 saturated carbocycles. The van der Waals surface area contributed by atoms with Crippen LogP contribution in [0.25, 0.3) is 0 Å². The quantitative estimate of drug-likeness (QED) is 0.902. The Balaban J connectivity index is 0.00000176. The maximum atomic E-state index is 13.2. The number of nitrogens with zero attached hydrogens (tertiary/aromatic N) is 1. The molecule has 2 heterocycles. The van der Waals surface area contributed by atoms with Crippen molar-refractivity contribution in [2.75, 3.05) is 13.1 Å². The molecule has 22 heavy (non-hydrogen) atoms. The third kappa shape index (κ3) is 4.08. The van der Waals surface area contributed by atoms with Gasteiger partial charge in [0, 0.05) is 5.69 Å². The van der Waals surface area contributed by atoms with Gasteiger partial charge in [-0.05, 0) is 74.9 Å². The number of piperidine rings is 1. The Morgan fingerprint density at radius 1 is 1.23 bits per heavy atom. The van der Waals surface area contributed by atoms with Crippen LogP contribution in [0.15, 0.2) is 30.3 Å². The van der Waals surface area contributed by atoms with E-state index in [0.29, 0.717) is 11.8 Å². The summed E-state index contributed by atoms with van der Waals surface area (Å²) in [6.45, 7) is 4.16. The third-order valence-electron chi connectivity index (χ3n) is 4.44. The van der Waals surface area contributed by atoms with Gasteiger partial charge in [0.15, 0.2) is 0 Å². The summed E-state index contributed by atoms with van der Waals surface area (Å²) in [5.74, 6) is 0.877. The number of aryl methyl sites for hydroxylation is 1. The van der Waals surface area contributed by atoms with Crippen molar-refractivity contribution >= 4 is 12.4 Å². The maximum absolute atomic E-state index is 13.2. The maximum Gasteiger partial charge on any atom is 0.123 e. The number of aromatic amines is 1. The summed E-state index contributed by atoms with van der Waals surface area (Å²) in [6.07, 6.45) is 3.26. The van der Waals surface area contributed by atoms with E-state index in [0.717, 1.165) is 30.9 Å². The zero-order chi connectivity index (χ0) is 14.7. The molecule has 3 nitrogen and oxygen atoms in total. The lowest BCUT2D eigenvalue weighted by Gasteiger charge is -2.31. The molecule has 1 aromatic carbocycles. The molecule has 120 valence electrons. The highest BCUT2D eigenvalue weighted by atomic mass is 35.5. The molecule has 0 amide bonds. The zero-order valence-corrected chi connectivity index (χ0v) is 13.6. The second kappa shape index (κ2) is 7.75. The molecule has 1 atom stereocenters. The minimum absolute atomic E-state index is 0. The molecule has 0 bridgehead atoms. The number of halogens is 2. The van der Waals surface area contributed by atoms with E-state index in [1.807, 2.05) is 19.1 Å². The van der Waals surface area contributed by atoms with Crippen LogP contribution in [0.1, 0.15) is 35.7 Å². The van der Waals surface area contributed by atoms with Crippen LogP contribution in [0, 0.1) is 18.7 Å². The van der Waals surface area contributed by atoms with Gasteiger partial charge in [-0.25, -0.2) is 4.39 Å². The van der Waals surface area contributed by atoms with E-state index in [9.17, 15) is 4.39 Å². The Labute approximate surface area is 137 Å². The molecule has 5 heteroatoms. The monoisotopic (exact) mass is 323 g/mol. The minimum Gasteiger partial charge on any atom is -0.317 e. The number of rotatable bonds is 4. The molecular formula is C17H23ClFN3. The molecule has 1 saturated heterocycles. The molecule has 0 spiro atoms. The summed E-state index contributed by atoms with van der Waals surface area (Å²) in [6, 6.07) is 9.11. The molecule has 1 aliphatic heterocycles. The predicted molar refractivity (Wildman–Crippen MR) is 89.0 cm³/mol. The molecule has 1 fully saturated rings. The SMILES string of the molecule is Cc1cc(CC(c2ccc(F)cc2)C2CCNCC2)n[nH]1.Cl. The molecular weight excluding hydrogens is 301 g/mol. The first-order chi connectivity index (χ1) is 10.2. The van der Waals surface area contributed by atoms with Gasteiger partial charge < -0.3 is 5.32 Å². The van der Waals surface area contributed by atoms with Gasteiger partial charge in [-0.1, -0.05) is 12.1 Å². The minimum atomic E-state index is -0.168. The molecule has 1 aromatic heterocycles. The van der Waals surface area contributed by atoms with Crippen molar-refractivity contribution in [3.63, 3.8) is 0 Å². The summed E-state index contributed by atoms with van der Waals surface area (Å²) < 4.78 is 13.2. The number of benzene rings is 1. The Morgan fingerprint density at radius 2 is 1.91 bits per heavy atom. The molecule has 1 unspecified atom stereocenters. The lowest BCUT2D eigenvalue weighted by atomic mass is 9.78. The Hall–Kier alpha value is -1.39. The van der Waals surface area contributed by atoms with Crippen molar-refractivity contribution in [3.05, 3.63) is 53.1 Å². The van der Waals surface area contributed by atoms with Crippen LogP contribution >= 0.6 is 12.4 Å². The van der Waals surface area contributed by atoms with Crippen LogP contribution in [-0.4, -0.2) is 23.3 Å². The summed E-state index contributed by atoms with van der Waals surface area (Å²) in [5.41, 5.74) is 3.41. The van der Waals surface area contributed by atoms with E-state index in [1.54, 1.807) is 12.1 Å². The molecule has 2 N–H and O–H groups in total. The fourth-order valence-corrected chi connectivity index (χ4v) is 3.32. The van der Waals surface area contributed by atoms with Crippen LogP contribution in [0.2, 0.25) is 0 Å². The highest BCUT2D eigenvalue weighted by molar-refractivity contribution is 5.85. The number of H-pyrrole nitrogens is 1. The standard InChI is InChI=1S/C17H22FN3.ClH/c1-12-10-16(21-20-12)11-17(14-6-8-19-9-7-14)13-2-4-15(18)5-3-13;/h2-5,10,14,17,19H,6-9,11H2,1H3,(H,20,21);1H. The van der Waals surface area contributed by atoms with Gasteiger partial charge in [0.2, 0.25) is 0 Å². The molecule has 3 rings (SSSR count). The lowest BCUT2D eigenvalue weighted by Crippen LogP contribution is -2.31. The van der Waals surface area contributed by atoms with Gasteiger partial charge in [-0.3, -0.25) is 5.10 Å². The average Bonchev–Trinajstić information content (AvgIpc) is 2.92. The van der Waals surface area contributed by atoms with E-state index in [4.69, 9.17) is 0 Å². The van der Waals surface area contributed by atoms with Gasteiger partial charge >= 0.3 is 0 Å². The highest BCUT2D eigenvalue weighted by Crippen LogP contribution is 2.33. The van der Waals surface area contributed by atoms with Crippen molar-refractivity contribution in [2.45, 2.75) is 32.1 Å². The Kier molecular flexibility index (Phi) is 5.98. The fourth-order valence-electron chi connectivity index (χ4n) is 3.32. The van der Waals surface area contributed by atoms with Crippen molar-refractivity contribution in [2.24, 2.45) is 5.92 Å². The number of aromatic nitrogens is 2. The molecule has 2 aromatic rings. The van der Waals surface area contributed by atoms with Crippen LogP contribution < -0.4 is 5.32 Å². The summed E-state index contributed by atoms with van der Waals surface area (Å²) in [4.78, 5) is 0. The largest absolute Gasteiger partial charge is 0.317 e. The lowest BCUT2D eigenvalue weighted by molar-refractivity contribution is 0.314. The van der Waals surface area contributed by atoms with E-state index in [2.05, 4.69) is 21.6 Å².